The molecule has 0 radical (unpaired) electrons. The van der Waals surface area contributed by atoms with Crippen molar-refractivity contribution in [2.75, 3.05) is 5.75 Å². The highest BCUT2D eigenvalue weighted by molar-refractivity contribution is 7.87. The molecule has 8 nitrogen and oxygen atoms in total. The van der Waals surface area contributed by atoms with Gasteiger partial charge in [-0.05, 0) is 12.8 Å². The van der Waals surface area contributed by atoms with E-state index in [2.05, 4.69) is 4.89 Å². The molecule has 0 aromatic heterocycles. The monoisotopic (exact) mass is 345 g/mol. The van der Waals surface area contributed by atoms with Gasteiger partial charge >= 0.3 is 5.97 Å². The standard InChI is InChI=1S/C11H22O8S2/c12-11(19-13)8-6-4-2-1-3-5-7-10(20(14)15)9-21(16,17)18/h10,13H,1-9H2,(H,14,15)(H,16,17,18)/p-1. The summed E-state index contributed by atoms with van der Waals surface area (Å²) in [5.74, 6) is -1.44. The van der Waals surface area contributed by atoms with Gasteiger partial charge in [-0.3, -0.25) is 8.76 Å². The molecule has 0 aromatic carbocycles. The van der Waals surface area contributed by atoms with Crippen LogP contribution in [0.2, 0.25) is 0 Å². The van der Waals surface area contributed by atoms with Gasteiger partial charge in [0.15, 0.2) is 0 Å². The highest BCUT2D eigenvalue weighted by atomic mass is 32.2. The quantitative estimate of drug-likeness (QED) is 0.177. The molecule has 2 N–H and O–H groups in total. The molecule has 10 heteroatoms. The van der Waals surface area contributed by atoms with E-state index in [-0.39, 0.29) is 12.8 Å². The molecule has 0 aliphatic carbocycles. The number of carbonyl (C=O) groups excluding carboxylic acids is 1. The van der Waals surface area contributed by atoms with Crippen LogP contribution in [0.5, 0.6) is 0 Å². The molecule has 0 bridgehead atoms. The third-order valence-electron chi connectivity index (χ3n) is 2.93. The lowest BCUT2D eigenvalue weighted by Crippen LogP contribution is -2.25. The fourth-order valence-electron chi connectivity index (χ4n) is 1.86. The molecule has 0 aliphatic rings. The fraction of sp³-hybridized carbons (Fsp3) is 0.909. The highest BCUT2D eigenvalue weighted by Gasteiger charge is 2.17. The minimum absolute atomic E-state index is 0.155. The maximum Gasteiger partial charge on any atom is 0.342 e. The molecule has 21 heavy (non-hydrogen) atoms. The molecule has 0 aromatic rings. The summed E-state index contributed by atoms with van der Waals surface area (Å²) in [6.07, 6.45) is 4.71. The summed E-state index contributed by atoms with van der Waals surface area (Å²) in [5, 5.41) is 6.94. The molecule has 0 fully saturated rings. The van der Waals surface area contributed by atoms with Crippen molar-refractivity contribution in [3.05, 3.63) is 0 Å². The Bertz CT molecular complexity index is 420. The second kappa shape index (κ2) is 11.1. The Morgan fingerprint density at radius 1 is 1.14 bits per heavy atom. The van der Waals surface area contributed by atoms with Crippen molar-refractivity contribution in [2.24, 2.45) is 0 Å². The Hall–Kier alpha value is -0.550. The fourth-order valence-corrected chi connectivity index (χ4v) is 3.82. The van der Waals surface area contributed by atoms with Crippen LogP contribution in [0.1, 0.15) is 51.4 Å². The number of unbranched alkanes of at least 4 members (excludes halogenated alkanes) is 5. The first-order valence-corrected chi connectivity index (χ1v) is 9.38. The zero-order chi connectivity index (χ0) is 16.3. The number of carbonyl (C=O) groups is 1. The van der Waals surface area contributed by atoms with Gasteiger partial charge in [-0.1, -0.05) is 43.2 Å². The summed E-state index contributed by atoms with van der Waals surface area (Å²) in [4.78, 5) is 14.1. The van der Waals surface area contributed by atoms with E-state index in [0.717, 1.165) is 25.7 Å². The Labute approximate surface area is 126 Å². The zero-order valence-corrected chi connectivity index (χ0v) is 13.2. The van der Waals surface area contributed by atoms with Gasteiger partial charge in [0.25, 0.3) is 10.1 Å². The number of hydrogen-bond donors (Lipinski definition) is 2. The molecular formula is C11H21O8S2-. The van der Waals surface area contributed by atoms with Gasteiger partial charge in [0.2, 0.25) is 0 Å². The van der Waals surface area contributed by atoms with Gasteiger partial charge in [-0.25, -0.2) is 4.79 Å². The largest absolute Gasteiger partial charge is 0.772 e. The maximum absolute atomic E-state index is 10.8. The Morgan fingerprint density at radius 3 is 2.14 bits per heavy atom. The summed E-state index contributed by atoms with van der Waals surface area (Å²) >= 11 is -2.53. The van der Waals surface area contributed by atoms with Crippen molar-refractivity contribution in [3.63, 3.8) is 0 Å². The third-order valence-corrected chi connectivity index (χ3v) is 4.91. The van der Waals surface area contributed by atoms with Crippen molar-refractivity contribution in [3.8, 4) is 0 Å². The maximum atomic E-state index is 10.8. The van der Waals surface area contributed by atoms with Crippen LogP contribution in [0.25, 0.3) is 0 Å². The predicted molar refractivity (Wildman–Crippen MR) is 74.8 cm³/mol. The normalized spacial score (nSPS) is 14.6. The summed E-state index contributed by atoms with van der Waals surface area (Å²) in [7, 11) is -4.29. The molecule has 0 aliphatic heterocycles. The topological polar surface area (TPSA) is 141 Å². The molecule has 2 atom stereocenters. The summed E-state index contributed by atoms with van der Waals surface area (Å²) in [6.45, 7) is 0. The van der Waals surface area contributed by atoms with E-state index in [9.17, 15) is 22.0 Å². The summed E-state index contributed by atoms with van der Waals surface area (Å²) < 4.78 is 51.6. The van der Waals surface area contributed by atoms with Crippen LogP contribution in [0, 0.1) is 0 Å². The van der Waals surface area contributed by atoms with Crippen LogP contribution in [-0.2, 0) is 30.9 Å². The van der Waals surface area contributed by atoms with Crippen molar-refractivity contribution in [1.29, 1.82) is 0 Å². The van der Waals surface area contributed by atoms with E-state index >= 15 is 0 Å². The molecule has 0 amide bonds. The second-order valence-electron chi connectivity index (χ2n) is 4.75. The van der Waals surface area contributed by atoms with Crippen LogP contribution >= 0.6 is 0 Å². The first-order chi connectivity index (χ1) is 9.76. The average Bonchev–Trinajstić information content (AvgIpc) is 2.38. The Balaban J connectivity index is 3.68. The van der Waals surface area contributed by atoms with Gasteiger partial charge in [0.05, 0.1) is 5.75 Å². The van der Waals surface area contributed by atoms with Crippen molar-refractivity contribution in [2.45, 2.75) is 56.6 Å². The highest BCUT2D eigenvalue weighted by Crippen LogP contribution is 2.13. The van der Waals surface area contributed by atoms with Crippen LogP contribution in [0.3, 0.4) is 0 Å². The van der Waals surface area contributed by atoms with Crippen molar-refractivity contribution in [1.82, 2.24) is 0 Å². The van der Waals surface area contributed by atoms with Gasteiger partial charge < -0.3 is 9.44 Å². The molecule has 0 rings (SSSR count). The number of hydrogen-bond acceptors (Lipinski definition) is 7. The Morgan fingerprint density at radius 2 is 1.67 bits per heavy atom. The molecule has 0 spiro atoms. The van der Waals surface area contributed by atoms with Crippen LogP contribution in [0.4, 0.5) is 0 Å². The van der Waals surface area contributed by atoms with E-state index in [1.165, 1.54) is 0 Å². The lowest BCUT2D eigenvalue weighted by molar-refractivity contribution is -0.234. The minimum atomic E-state index is -4.29. The van der Waals surface area contributed by atoms with Gasteiger partial charge in [0, 0.05) is 11.7 Å². The van der Waals surface area contributed by atoms with Crippen LogP contribution in [0.15, 0.2) is 0 Å². The predicted octanol–water partition coefficient (Wildman–Crippen LogP) is 1.26. The Kier molecular flexibility index (Phi) is 10.8. The summed E-state index contributed by atoms with van der Waals surface area (Å²) in [6, 6.07) is 0. The zero-order valence-electron chi connectivity index (χ0n) is 11.6. The van der Waals surface area contributed by atoms with E-state index in [4.69, 9.17) is 9.81 Å². The molecular weight excluding hydrogens is 324 g/mol. The first-order valence-electron chi connectivity index (χ1n) is 6.63. The van der Waals surface area contributed by atoms with Gasteiger partial charge in [-0.2, -0.15) is 13.7 Å². The molecule has 2 unspecified atom stereocenters. The molecule has 0 saturated heterocycles. The van der Waals surface area contributed by atoms with E-state index in [1.807, 2.05) is 0 Å². The van der Waals surface area contributed by atoms with Gasteiger partial charge in [0.1, 0.15) is 0 Å². The van der Waals surface area contributed by atoms with E-state index in [1.54, 1.807) is 0 Å². The van der Waals surface area contributed by atoms with E-state index in [0.29, 0.717) is 12.8 Å². The minimum Gasteiger partial charge on any atom is -0.772 e. The number of rotatable bonds is 12. The van der Waals surface area contributed by atoms with Crippen LogP contribution < -0.4 is 0 Å². The second-order valence-corrected chi connectivity index (χ2v) is 7.44. The lowest BCUT2D eigenvalue weighted by atomic mass is 10.1. The summed E-state index contributed by atoms with van der Waals surface area (Å²) in [5.41, 5.74) is 0. The molecule has 0 heterocycles. The first kappa shape index (κ1) is 20.5. The average molecular weight is 345 g/mol. The van der Waals surface area contributed by atoms with E-state index < -0.39 is 38.2 Å². The van der Waals surface area contributed by atoms with Gasteiger partial charge in [-0.15, -0.1) is 0 Å². The van der Waals surface area contributed by atoms with Crippen LogP contribution in [-0.4, -0.2) is 44.0 Å². The smallest absolute Gasteiger partial charge is 0.342 e. The van der Waals surface area contributed by atoms with Crippen molar-refractivity contribution >= 4 is 27.2 Å². The molecule has 126 valence electrons. The lowest BCUT2D eigenvalue weighted by Gasteiger charge is -2.17. The van der Waals surface area contributed by atoms with Crippen molar-refractivity contribution < 1.29 is 36.7 Å². The molecule has 0 saturated carbocycles. The SMILES string of the molecule is O=C(CCCCCCCCC(CS(=O)(=O)O)S(=O)[O-])OO. The third kappa shape index (κ3) is 12.9.